The molecule has 1 atom stereocenters. The van der Waals surface area contributed by atoms with Crippen molar-refractivity contribution in [3.8, 4) is 0 Å². The Balaban J connectivity index is 2.14. The van der Waals surface area contributed by atoms with Crippen molar-refractivity contribution in [3.05, 3.63) is 36.0 Å². The van der Waals surface area contributed by atoms with Crippen molar-refractivity contribution >= 4 is 22.5 Å². The van der Waals surface area contributed by atoms with Gasteiger partial charge in [-0.3, -0.25) is 9.78 Å². The van der Waals surface area contributed by atoms with Crippen molar-refractivity contribution in [1.82, 2.24) is 4.98 Å². The van der Waals surface area contributed by atoms with Crippen molar-refractivity contribution < 1.29 is 4.79 Å². The van der Waals surface area contributed by atoms with Gasteiger partial charge in [0.1, 0.15) is 0 Å². The molecule has 2 heterocycles. The number of nitrogens with zero attached hydrogens (tertiary/aromatic N) is 2. The number of amides is 1. The number of piperidine rings is 1. The van der Waals surface area contributed by atoms with E-state index in [1.165, 1.54) is 0 Å². The first-order valence-electron chi connectivity index (χ1n) is 6.60. The molecule has 0 spiro atoms. The number of fused-ring (bicyclic) bond motifs is 1. The monoisotopic (exact) mass is 255 g/mol. The third-order valence-corrected chi connectivity index (χ3v) is 3.61. The van der Waals surface area contributed by atoms with Crippen LogP contribution < -0.4 is 10.6 Å². The third-order valence-electron chi connectivity index (χ3n) is 3.61. The van der Waals surface area contributed by atoms with E-state index in [9.17, 15) is 4.79 Å². The number of hydrogen-bond donors (Lipinski definition) is 1. The maximum atomic E-state index is 12.2. The zero-order valence-electron chi connectivity index (χ0n) is 11.0. The maximum absolute atomic E-state index is 12.2. The summed E-state index contributed by atoms with van der Waals surface area (Å²) in [6.07, 6.45) is 1.71. The van der Waals surface area contributed by atoms with Gasteiger partial charge in [-0.25, -0.2) is 0 Å². The summed E-state index contributed by atoms with van der Waals surface area (Å²) in [5.74, 6) is 0.00190. The Kier molecular flexibility index (Phi) is 2.95. The Morgan fingerprint density at radius 1 is 1.32 bits per heavy atom. The largest absolute Gasteiger partial charge is 0.320 e. The van der Waals surface area contributed by atoms with Crippen LogP contribution in [0.3, 0.4) is 0 Å². The van der Waals surface area contributed by atoms with Gasteiger partial charge in [-0.2, -0.15) is 0 Å². The Bertz CT molecular complexity index is 638. The number of pyridine rings is 1. The lowest BCUT2D eigenvalue weighted by Crippen LogP contribution is -2.48. The van der Waals surface area contributed by atoms with Crippen LogP contribution in [0, 0.1) is 6.92 Å². The Morgan fingerprint density at radius 3 is 3.00 bits per heavy atom. The van der Waals surface area contributed by atoms with E-state index in [4.69, 9.17) is 5.73 Å². The fraction of sp³-hybridized carbons (Fsp3) is 0.333. The topological polar surface area (TPSA) is 59.2 Å². The van der Waals surface area contributed by atoms with E-state index in [-0.39, 0.29) is 11.9 Å². The average Bonchev–Trinajstić information content (AvgIpc) is 2.41. The van der Waals surface area contributed by atoms with Gasteiger partial charge in [0.2, 0.25) is 5.91 Å². The van der Waals surface area contributed by atoms with Crippen molar-refractivity contribution in [2.24, 2.45) is 5.73 Å². The number of aryl methyl sites for hydroxylation is 1. The normalized spacial score (nSPS) is 20.0. The van der Waals surface area contributed by atoms with Gasteiger partial charge in [0, 0.05) is 17.6 Å². The number of nitrogens with two attached hydrogens (primary N) is 1. The van der Waals surface area contributed by atoms with Gasteiger partial charge < -0.3 is 10.6 Å². The summed E-state index contributed by atoms with van der Waals surface area (Å²) < 4.78 is 0. The minimum Gasteiger partial charge on any atom is -0.320 e. The first kappa shape index (κ1) is 12.1. The Labute approximate surface area is 112 Å². The molecule has 2 aromatic rings. The lowest BCUT2D eigenvalue weighted by atomic mass is 10.0. The van der Waals surface area contributed by atoms with Crippen molar-refractivity contribution in [2.75, 3.05) is 11.4 Å². The van der Waals surface area contributed by atoms with Crippen LogP contribution in [0.2, 0.25) is 0 Å². The predicted octanol–water partition coefficient (Wildman–Crippen LogP) is 2.00. The SMILES string of the molecule is Cc1ccc2cccc(N3CCCC(N)C3=O)c2n1. The van der Waals surface area contributed by atoms with Crippen LogP contribution in [0.25, 0.3) is 10.9 Å². The molecule has 0 saturated carbocycles. The summed E-state index contributed by atoms with van der Waals surface area (Å²) >= 11 is 0. The molecule has 1 amide bonds. The molecule has 0 bridgehead atoms. The van der Waals surface area contributed by atoms with E-state index >= 15 is 0 Å². The van der Waals surface area contributed by atoms with Gasteiger partial charge in [-0.1, -0.05) is 18.2 Å². The smallest absolute Gasteiger partial charge is 0.243 e. The Hall–Kier alpha value is -1.94. The van der Waals surface area contributed by atoms with Crippen LogP contribution in [0.15, 0.2) is 30.3 Å². The minimum atomic E-state index is -0.381. The van der Waals surface area contributed by atoms with Gasteiger partial charge in [-0.15, -0.1) is 0 Å². The van der Waals surface area contributed by atoms with Gasteiger partial charge in [0.05, 0.1) is 17.2 Å². The zero-order valence-corrected chi connectivity index (χ0v) is 11.0. The first-order chi connectivity index (χ1) is 9.16. The molecule has 1 aliphatic rings. The van der Waals surface area contributed by atoms with Gasteiger partial charge in [-0.05, 0) is 31.9 Å². The van der Waals surface area contributed by atoms with Crippen molar-refractivity contribution in [3.63, 3.8) is 0 Å². The molecule has 0 aliphatic carbocycles. The molecule has 1 aliphatic heterocycles. The summed E-state index contributed by atoms with van der Waals surface area (Å²) in [7, 11) is 0. The summed E-state index contributed by atoms with van der Waals surface area (Å²) in [4.78, 5) is 18.6. The van der Waals surface area contributed by atoms with E-state index in [2.05, 4.69) is 4.98 Å². The van der Waals surface area contributed by atoms with E-state index < -0.39 is 0 Å². The molecule has 1 saturated heterocycles. The summed E-state index contributed by atoms with van der Waals surface area (Å²) in [6, 6.07) is 9.56. The highest BCUT2D eigenvalue weighted by atomic mass is 16.2. The standard InChI is InChI=1S/C15H17N3O/c1-10-7-8-11-4-2-6-13(14(11)17-10)18-9-3-5-12(16)15(18)19/h2,4,6-8,12H,3,5,9,16H2,1H3. The molecule has 4 heteroatoms. The van der Waals surface area contributed by atoms with Crippen LogP contribution in [0.4, 0.5) is 5.69 Å². The predicted molar refractivity (Wildman–Crippen MR) is 76.0 cm³/mol. The molecule has 1 aromatic carbocycles. The average molecular weight is 255 g/mol. The first-order valence-corrected chi connectivity index (χ1v) is 6.60. The summed E-state index contributed by atoms with van der Waals surface area (Å²) in [5.41, 5.74) is 8.58. The molecule has 1 aromatic heterocycles. The number of anilines is 1. The maximum Gasteiger partial charge on any atom is 0.243 e. The number of aromatic nitrogens is 1. The highest BCUT2D eigenvalue weighted by molar-refractivity contribution is 6.04. The zero-order chi connectivity index (χ0) is 13.4. The van der Waals surface area contributed by atoms with Gasteiger partial charge in [0.15, 0.2) is 0 Å². The number of carbonyl (C=O) groups excluding carboxylic acids is 1. The third kappa shape index (κ3) is 2.08. The number of para-hydroxylation sites is 1. The fourth-order valence-electron chi connectivity index (χ4n) is 2.59. The second-order valence-corrected chi connectivity index (χ2v) is 5.04. The molecule has 3 rings (SSSR count). The van der Waals surface area contributed by atoms with Crippen LogP contribution in [0.1, 0.15) is 18.5 Å². The number of benzene rings is 1. The van der Waals surface area contributed by atoms with Gasteiger partial charge in [0.25, 0.3) is 0 Å². The molecule has 98 valence electrons. The molecule has 0 radical (unpaired) electrons. The van der Waals surface area contributed by atoms with Gasteiger partial charge >= 0.3 is 0 Å². The molecule has 19 heavy (non-hydrogen) atoms. The second kappa shape index (κ2) is 4.63. The molecule has 4 nitrogen and oxygen atoms in total. The van der Waals surface area contributed by atoms with Crippen LogP contribution >= 0.6 is 0 Å². The highest BCUT2D eigenvalue weighted by Crippen LogP contribution is 2.28. The van der Waals surface area contributed by atoms with E-state index in [0.717, 1.165) is 41.7 Å². The molecule has 2 N–H and O–H groups in total. The second-order valence-electron chi connectivity index (χ2n) is 5.04. The van der Waals surface area contributed by atoms with E-state index in [1.807, 2.05) is 37.3 Å². The van der Waals surface area contributed by atoms with Crippen LogP contribution in [0.5, 0.6) is 0 Å². The van der Waals surface area contributed by atoms with E-state index in [1.54, 1.807) is 4.90 Å². The number of rotatable bonds is 1. The minimum absolute atomic E-state index is 0.00190. The molecular weight excluding hydrogens is 238 g/mol. The molecular formula is C15H17N3O. The summed E-state index contributed by atoms with van der Waals surface area (Å²) in [6.45, 7) is 2.68. The summed E-state index contributed by atoms with van der Waals surface area (Å²) in [5, 5.41) is 1.05. The molecule has 1 fully saturated rings. The lowest BCUT2D eigenvalue weighted by Gasteiger charge is -2.31. The highest BCUT2D eigenvalue weighted by Gasteiger charge is 2.27. The quantitative estimate of drug-likeness (QED) is 0.847. The van der Waals surface area contributed by atoms with Crippen molar-refractivity contribution in [1.29, 1.82) is 0 Å². The number of carbonyl (C=O) groups is 1. The fourth-order valence-corrected chi connectivity index (χ4v) is 2.59. The van der Waals surface area contributed by atoms with Crippen LogP contribution in [-0.2, 0) is 4.79 Å². The van der Waals surface area contributed by atoms with E-state index in [0.29, 0.717) is 0 Å². The molecule has 1 unspecified atom stereocenters. The lowest BCUT2D eigenvalue weighted by molar-refractivity contribution is -0.120. The Morgan fingerprint density at radius 2 is 2.16 bits per heavy atom. The van der Waals surface area contributed by atoms with Crippen molar-refractivity contribution in [2.45, 2.75) is 25.8 Å². The van der Waals surface area contributed by atoms with Crippen LogP contribution in [-0.4, -0.2) is 23.5 Å². The number of hydrogen-bond acceptors (Lipinski definition) is 3.